The topological polar surface area (TPSA) is 159 Å². The zero-order valence-electron chi connectivity index (χ0n) is 16.3. The third-order valence-corrected chi connectivity index (χ3v) is 4.80. The molecule has 0 spiro atoms. The average molecular weight is 412 g/mol. The van der Waals surface area contributed by atoms with Crippen LogP contribution in [0, 0.1) is 0 Å². The van der Waals surface area contributed by atoms with E-state index in [1.54, 1.807) is 0 Å². The van der Waals surface area contributed by atoms with Crippen molar-refractivity contribution in [1.82, 2.24) is 9.97 Å². The molecule has 1 fully saturated rings. The van der Waals surface area contributed by atoms with Crippen molar-refractivity contribution < 1.29 is 19.8 Å². The molecule has 0 radical (unpaired) electrons. The average Bonchev–Trinajstić information content (AvgIpc) is 3.32. The quantitative estimate of drug-likeness (QED) is 0.530. The minimum absolute atomic E-state index is 0.218. The van der Waals surface area contributed by atoms with Gasteiger partial charge in [0.2, 0.25) is 5.95 Å². The van der Waals surface area contributed by atoms with Crippen molar-refractivity contribution in [3.63, 3.8) is 0 Å². The Morgan fingerprint density at radius 2 is 1.53 bits per heavy atom. The monoisotopic (exact) mass is 412 g/mol. The molecule has 1 aromatic carbocycles. The Labute approximate surface area is 173 Å². The van der Waals surface area contributed by atoms with Gasteiger partial charge in [-0.2, -0.15) is 9.97 Å². The minimum Gasteiger partial charge on any atom is -0.478 e. The zero-order chi connectivity index (χ0) is 21.7. The fourth-order valence-corrected chi connectivity index (χ4v) is 3.40. The number of carboxylic acid groups (broad SMARTS) is 2. The second-order valence-corrected chi connectivity index (χ2v) is 7.07. The molecule has 2 aliphatic rings. The first-order chi connectivity index (χ1) is 14.3. The number of hydrogen-bond donors (Lipinski definition) is 4. The molecule has 10 heteroatoms. The lowest BCUT2D eigenvalue weighted by molar-refractivity contribution is -0.134. The van der Waals surface area contributed by atoms with Gasteiger partial charge in [-0.05, 0) is 17.5 Å². The van der Waals surface area contributed by atoms with Crippen LogP contribution in [-0.4, -0.2) is 51.3 Å². The summed E-state index contributed by atoms with van der Waals surface area (Å²) >= 11 is 0. The summed E-state index contributed by atoms with van der Waals surface area (Å²) in [5.41, 5.74) is 14.6. The zero-order valence-corrected chi connectivity index (χ0v) is 16.3. The van der Waals surface area contributed by atoms with Crippen LogP contribution in [0.5, 0.6) is 0 Å². The van der Waals surface area contributed by atoms with Crippen LogP contribution in [0.2, 0.25) is 0 Å². The van der Waals surface area contributed by atoms with Crippen molar-refractivity contribution >= 4 is 29.5 Å². The molecule has 4 rings (SSSR count). The molecule has 3 heterocycles. The summed E-state index contributed by atoms with van der Waals surface area (Å²) in [5, 5.41) is 15.6. The lowest BCUT2D eigenvalue weighted by Gasteiger charge is -2.21. The van der Waals surface area contributed by atoms with Gasteiger partial charge < -0.3 is 31.5 Å². The normalized spacial score (nSPS) is 17.6. The third-order valence-electron chi connectivity index (χ3n) is 4.80. The van der Waals surface area contributed by atoms with E-state index in [0.29, 0.717) is 18.1 Å². The number of carboxylic acids is 2. The number of aromatic nitrogens is 2. The van der Waals surface area contributed by atoms with Crippen molar-refractivity contribution in [3.8, 4) is 0 Å². The number of rotatable bonds is 4. The van der Waals surface area contributed by atoms with E-state index < -0.39 is 11.9 Å². The molecule has 0 amide bonds. The molecule has 1 atom stereocenters. The fourth-order valence-electron chi connectivity index (χ4n) is 3.40. The Kier molecular flexibility index (Phi) is 6.48. The van der Waals surface area contributed by atoms with Crippen molar-refractivity contribution in [2.75, 3.05) is 28.6 Å². The highest BCUT2D eigenvalue weighted by Crippen LogP contribution is 2.29. The summed E-state index contributed by atoms with van der Waals surface area (Å²) in [4.78, 5) is 32.3. The first kappa shape index (κ1) is 21.1. The number of benzene rings is 1. The van der Waals surface area contributed by atoms with Crippen LogP contribution in [0.3, 0.4) is 0 Å². The van der Waals surface area contributed by atoms with Gasteiger partial charge in [-0.3, -0.25) is 0 Å². The predicted molar refractivity (Wildman–Crippen MR) is 112 cm³/mol. The van der Waals surface area contributed by atoms with Gasteiger partial charge in [-0.25, -0.2) is 9.59 Å². The standard InChI is InChI=1S/C16H20N6.C4H4O4/c17-13-5-6-21(10-13)14-7-15(20-16(18)19-14)22-8-11-3-1-2-4-12(11)9-22;5-3(6)1-2-4(7)8/h1-4,7,13H,5-6,8-10,17H2,(H2,18,19,20);1-2H,(H,5,6)(H,7,8). The molecule has 0 aliphatic carbocycles. The van der Waals surface area contributed by atoms with Gasteiger partial charge in [0.25, 0.3) is 0 Å². The summed E-state index contributed by atoms with van der Waals surface area (Å²) in [6.45, 7) is 3.49. The van der Waals surface area contributed by atoms with Crippen molar-refractivity contribution in [3.05, 3.63) is 53.6 Å². The summed E-state index contributed by atoms with van der Waals surface area (Å²) in [6, 6.07) is 10.7. The number of aliphatic carboxylic acids is 2. The lowest BCUT2D eigenvalue weighted by Crippen LogP contribution is -2.27. The number of nitrogens with zero attached hydrogens (tertiary/aromatic N) is 4. The van der Waals surface area contributed by atoms with Crippen molar-refractivity contribution in [2.45, 2.75) is 25.6 Å². The Hall–Kier alpha value is -3.66. The Morgan fingerprint density at radius 1 is 1.00 bits per heavy atom. The lowest BCUT2D eigenvalue weighted by atomic mass is 10.1. The van der Waals surface area contributed by atoms with Gasteiger partial charge >= 0.3 is 11.9 Å². The highest BCUT2D eigenvalue weighted by Gasteiger charge is 2.24. The maximum atomic E-state index is 9.55. The molecule has 0 saturated carbocycles. The third kappa shape index (κ3) is 5.45. The van der Waals surface area contributed by atoms with Crippen LogP contribution in [-0.2, 0) is 22.7 Å². The molecule has 2 aromatic rings. The van der Waals surface area contributed by atoms with Gasteiger partial charge in [0.05, 0.1) is 0 Å². The summed E-state index contributed by atoms with van der Waals surface area (Å²) in [7, 11) is 0. The maximum Gasteiger partial charge on any atom is 0.328 e. The van der Waals surface area contributed by atoms with E-state index in [1.165, 1.54) is 11.1 Å². The number of nitrogen functional groups attached to an aromatic ring is 1. The predicted octanol–water partition coefficient (Wildman–Crippen LogP) is 0.828. The molecule has 0 bridgehead atoms. The molecule has 6 N–H and O–H groups in total. The van der Waals surface area contributed by atoms with Crippen LogP contribution >= 0.6 is 0 Å². The number of carbonyl (C=O) groups is 2. The number of nitrogens with two attached hydrogens (primary N) is 2. The molecule has 10 nitrogen and oxygen atoms in total. The van der Waals surface area contributed by atoms with Gasteiger partial charge in [-0.1, -0.05) is 24.3 Å². The van der Waals surface area contributed by atoms with E-state index in [9.17, 15) is 9.59 Å². The molecule has 1 saturated heterocycles. The van der Waals surface area contributed by atoms with Gasteiger partial charge in [-0.15, -0.1) is 0 Å². The van der Waals surface area contributed by atoms with E-state index in [-0.39, 0.29) is 6.04 Å². The van der Waals surface area contributed by atoms with E-state index in [2.05, 4.69) is 44.0 Å². The molecular formula is C20H24N6O4. The number of anilines is 3. The second-order valence-electron chi connectivity index (χ2n) is 7.07. The highest BCUT2D eigenvalue weighted by atomic mass is 16.4. The van der Waals surface area contributed by atoms with Crippen LogP contribution in [0.15, 0.2) is 42.5 Å². The second kappa shape index (κ2) is 9.23. The Balaban J connectivity index is 0.000000275. The fraction of sp³-hybridized carbons (Fsp3) is 0.300. The minimum atomic E-state index is -1.26. The highest BCUT2D eigenvalue weighted by molar-refractivity contribution is 5.89. The van der Waals surface area contributed by atoms with E-state index >= 15 is 0 Å². The smallest absolute Gasteiger partial charge is 0.328 e. The largest absolute Gasteiger partial charge is 0.478 e. The maximum absolute atomic E-state index is 9.55. The summed E-state index contributed by atoms with van der Waals surface area (Å²) in [5.74, 6) is -0.422. The van der Waals surface area contributed by atoms with Gasteiger partial charge in [0.1, 0.15) is 11.6 Å². The molecular weight excluding hydrogens is 388 g/mol. The van der Waals surface area contributed by atoms with Gasteiger partial charge in [0, 0.05) is 50.4 Å². The summed E-state index contributed by atoms with van der Waals surface area (Å²) < 4.78 is 0. The number of hydrogen-bond acceptors (Lipinski definition) is 8. The molecule has 1 unspecified atom stereocenters. The molecule has 2 aliphatic heterocycles. The van der Waals surface area contributed by atoms with Crippen LogP contribution in [0.1, 0.15) is 17.5 Å². The SMILES string of the molecule is Nc1nc(N2Cc3ccccc3C2)cc(N2CCC(N)C2)n1.O=C(O)C=CC(=O)O. The van der Waals surface area contributed by atoms with E-state index in [4.69, 9.17) is 21.7 Å². The van der Waals surface area contributed by atoms with Crippen LogP contribution < -0.4 is 21.3 Å². The first-order valence-electron chi connectivity index (χ1n) is 9.42. The molecule has 1 aromatic heterocycles. The van der Waals surface area contributed by atoms with E-state index in [1.807, 2.05) is 6.07 Å². The first-order valence-corrected chi connectivity index (χ1v) is 9.42. The van der Waals surface area contributed by atoms with Gasteiger partial charge in [0.15, 0.2) is 0 Å². The van der Waals surface area contributed by atoms with Crippen molar-refractivity contribution in [1.29, 1.82) is 0 Å². The Bertz CT molecular complexity index is 923. The summed E-state index contributed by atoms with van der Waals surface area (Å²) in [6.07, 6.45) is 2.11. The Morgan fingerprint density at radius 3 is 2.00 bits per heavy atom. The molecule has 30 heavy (non-hydrogen) atoms. The van der Waals surface area contributed by atoms with E-state index in [0.717, 1.165) is 44.2 Å². The molecule has 158 valence electrons. The van der Waals surface area contributed by atoms with Crippen LogP contribution in [0.25, 0.3) is 0 Å². The van der Waals surface area contributed by atoms with Crippen molar-refractivity contribution in [2.24, 2.45) is 5.73 Å². The number of fused-ring (bicyclic) bond motifs is 1. The van der Waals surface area contributed by atoms with Crippen LogP contribution in [0.4, 0.5) is 17.6 Å².